The highest BCUT2D eigenvalue weighted by atomic mass is 35.5. The molecule has 0 aliphatic carbocycles. The summed E-state index contributed by atoms with van der Waals surface area (Å²) >= 11 is 12.1. The van der Waals surface area contributed by atoms with Gasteiger partial charge in [-0.15, -0.1) is 10.2 Å². The van der Waals surface area contributed by atoms with Crippen molar-refractivity contribution in [3.63, 3.8) is 0 Å². The molecule has 1 aliphatic rings. The van der Waals surface area contributed by atoms with Crippen molar-refractivity contribution in [2.75, 3.05) is 19.7 Å². The number of hydrogen-bond donors (Lipinski definition) is 3. The molecule has 1 fully saturated rings. The minimum atomic E-state index is -0.794. The van der Waals surface area contributed by atoms with E-state index in [9.17, 15) is 5.11 Å². The van der Waals surface area contributed by atoms with E-state index in [0.717, 1.165) is 31.1 Å². The quantitative estimate of drug-likeness (QED) is 0.451. The number of aromatic nitrogens is 3. The molecule has 3 N–H and O–H groups in total. The minimum absolute atomic E-state index is 0.163. The first-order valence-electron chi connectivity index (χ1n) is 9.55. The van der Waals surface area contributed by atoms with Crippen LogP contribution in [0.15, 0.2) is 23.2 Å². The smallest absolute Gasteiger partial charge is 0.191 e. The summed E-state index contributed by atoms with van der Waals surface area (Å²) in [6.45, 7) is 3.92. The topological polar surface area (TPSA) is 96.6 Å². The Morgan fingerprint density at radius 2 is 2.07 bits per heavy atom. The molecule has 1 saturated heterocycles. The number of ether oxygens (including phenoxy) is 1. The highest BCUT2D eigenvalue weighted by Crippen LogP contribution is 2.23. The Hall–Kier alpha value is -1.87. The predicted molar refractivity (Wildman–Crippen MR) is 113 cm³/mol. The lowest BCUT2D eigenvalue weighted by Gasteiger charge is -2.18. The Bertz CT molecular complexity index is 831. The summed E-state index contributed by atoms with van der Waals surface area (Å²) in [5, 5.41) is 26.1. The Morgan fingerprint density at radius 1 is 1.31 bits per heavy atom. The van der Waals surface area contributed by atoms with E-state index in [1.165, 1.54) is 0 Å². The summed E-state index contributed by atoms with van der Waals surface area (Å²) in [5.41, 5.74) is 0.636. The molecule has 0 radical (unpaired) electrons. The first kappa shape index (κ1) is 21.8. The van der Waals surface area contributed by atoms with E-state index in [1.807, 2.05) is 18.5 Å². The molecule has 8 nitrogen and oxygen atoms in total. The average Bonchev–Trinajstić information content (AvgIpc) is 3.31. The van der Waals surface area contributed by atoms with Gasteiger partial charge in [0.25, 0.3) is 0 Å². The Kier molecular flexibility index (Phi) is 7.71. The fourth-order valence-electron chi connectivity index (χ4n) is 3.01. The van der Waals surface area contributed by atoms with E-state index in [0.29, 0.717) is 34.7 Å². The van der Waals surface area contributed by atoms with Gasteiger partial charge in [-0.05, 0) is 43.5 Å². The first-order valence-corrected chi connectivity index (χ1v) is 10.3. The molecule has 0 spiro atoms. The summed E-state index contributed by atoms with van der Waals surface area (Å²) in [6, 6.07) is 5.02. The number of hydrogen-bond acceptors (Lipinski definition) is 5. The molecule has 158 valence electrons. The molecule has 2 unspecified atom stereocenters. The monoisotopic (exact) mass is 440 g/mol. The van der Waals surface area contributed by atoms with Crippen molar-refractivity contribution in [2.24, 2.45) is 12.0 Å². The van der Waals surface area contributed by atoms with E-state index in [1.54, 1.807) is 18.2 Å². The van der Waals surface area contributed by atoms with Crippen LogP contribution in [0.5, 0.6) is 0 Å². The summed E-state index contributed by atoms with van der Waals surface area (Å²) in [4.78, 5) is 4.58. The Labute approximate surface area is 180 Å². The molecular weight excluding hydrogens is 415 g/mol. The van der Waals surface area contributed by atoms with Gasteiger partial charge in [-0.1, -0.05) is 23.2 Å². The van der Waals surface area contributed by atoms with Crippen LogP contribution >= 0.6 is 23.2 Å². The molecule has 10 heteroatoms. The SMILES string of the molecule is Cc1nnc(CN=C(NCC2CCCO2)NCC(O)c2cc(Cl)cc(Cl)c2)n1C. The second-order valence-electron chi connectivity index (χ2n) is 7.00. The van der Waals surface area contributed by atoms with Gasteiger partial charge >= 0.3 is 0 Å². The van der Waals surface area contributed by atoms with Crippen LogP contribution in [0, 0.1) is 6.92 Å². The molecule has 0 bridgehead atoms. The molecule has 3 rings (SSSR count). The molecule has 29 heavy (non-hydrogen) atoms. The summed E-state index contributed by atoms with van der Waals surface area (Å²) < 4.78 is 7.55. The van der Waals surface area contributed by atoms with Crippen LogP contribution < -0.4 is 10.6 Å². The van der Waals surface area contributed by atoms with Gasteiger partial charge in [-0.25, -0.2) is 4.99 Å². The maximum Gasteiger partial charge on any atom is 0.191 e. The third-order valence-corrected chi connectivity index (χ3v) is 5.25. The van der Waals surface area contributed by atoms with E-state index in [4.69, 9.17) is 27.9 Å². The normalized spacial score (nSPS) is 18.1. The number of nitrogens with one attached hydrogen (secondary N) is 2. The molecular formula is C19H26Cl2N6O2. The summed E-state index contributed by atoms with van der Waals surface area (Å²) in [7, 11) is 1.90. The zero-order valence-corrected chi connectivity index (χ0v) is 18.0. The number of halogens is 2. The number of aliphatic imine (C=N–C) groups is 1. The lowest BCUT2D eigenvalue weighted by Crippen LogP contribution is -2.42. The first-order chi connectivity index (χ1) is 13.9. The van der Waals surface area contributed by atoms with Crippen molar-refractivity contribution in [3.05, 3.63) is 45.5 Å². The van der Waals surface area contributed by atoms with Crippen LogP contribution in [0.1, 0.15) is 36.2 Å². The van der Waals surface area contributed by atoms with Crippen molar-refractivity contribution < 1.29 is 9.84 Å². The van der Waals surface area contributed by atoms with Crippen LogP contribution in [-0.4, -0.2) is 51.6 Å². The number of aliphatic hydroxyl groups is 1. The molecule has 0 saturated carbocycles. The lowest BCUT2D eigenvalue weighted by atomic mass is 10.1. The van der Waals surface area contributed by atoms with Crippen LogP contribution in [0.3, 0.4) is 0 Å². The molecule has 2 heterocycles. The molecule has 1 aliphatic heterocycles. The van der Waals surface area contributed by atoms with E-state index in [2.05, 4.69) is 25.8 Å². The van der Waals surface area contributed by atoms with Crippen molar-refractivity contribution in [1.29, 1.82) is 0 Å². The maximum absolute atomic E-state index is 10.5. The molecule has 1 aromatic carbocycles. The highest BCUT2D eigenvalue weighted by molar-refractivity contribution is 6.34. The number of rotatable bonds is 7. The van der Waals surface area contributed by atoms with Gasteiger partial charge in [-0.2, -0.15) is 0 Å². The van der Waals surface area contributed by atoms with Crippen LogP contribution in [0.25, 0.3) is 0 Å². The average molecular weight is 441 g/mol. The number of aryl methyl sites for hydroxylation is 1. The molecule has 2 atom stereocenters. The maximum atomic E-state index is 10.5. The van der Waals surface area contributed by atoms with E-state index >= 15 is 0 Å². The van der Waals surface area contributed by atoms with Crippen molar-refractivity contribution in [3.8, 4) is 0 Å². The second-order valence-corrected chi connectivity index (χ2v) is 7.88. The fourth-order valence-corrected chi connectivity index (χ4v) is 3.55. The molecule has 0 amide bonds. The van der Waals surface area contributed by atoms with Crippen molar-refractivity contribution >= 4 is 29.2 Å². The number of nitrogens with zero attached hydrogens (tertiary/aromatic N) is 4. The van der Waals surface area contributed by atoms with Gasteiger partial charge in [0, 0.05) is 36.8 Å². The number of aliphatic hydroxyl groups excluding tert-OH is 1. The van der Waals surface area contributed by atoms with Gasteiger partial charge in [0.15, 0.2) is 11.8 Å². The van der Waals surface area contributed by atoms with Gasteiger partial charge < -0.3 is 25.0 Å². The Balaban J connectivity index is 1.64. The largest absolute Gasteiger partial charge is 0.387 e. The second kappa shape index (κ2) is 10.2. The Morgan fingerprint density at radius 3 is 2.69 bits per heavy atom. The van der Waals surface area contributed by atoms with Crippen LogP contribution in [0.4, 0.5) is 0 Å². The van der Waals surface area contributed by atoms with Crippen molar-refractivity contribution in [2.45, 2.75) is 38.5 Å². The van der Waals surface area contributed by atoms with Crippen molar-refractivity contribution in [1.82, 2.24) is 25.4 Å². The third-order valence-electron chi connectivity index (χ3n) is 4.82. The number of guanidine groups is 1. The zero-order valence-electron chi connectivity index (χ0n) is 16.5. The predicted octanol–water partition coefficient (Wildman–Crippen LogP) is 2.38. The van der Waals surface area contributed by atoms with Gasteiger partial charge in [0.1, 0.15) is 12.4 Å². The van der Waals surface area contributed by atoms with E-state index in [-0.39, 0.29) is 12.6 Å². The van der Waals surface area contributed by atoms with E-state index < -0.39 is 6.10 Å². The number of benzene rings is 1. The van der Waals surface area contributed by atoms with Gasteiger partial charge in [0.2, 0.25) is 0 Å². The summed E-state index contributed by atoms with van der Waals surface area (Å²) in [6.07, 6.45) is 1.46. The summed E-state index contributed by atoms with van der Waals surface area (Å²) in [5.74, 6) is 2.14. The minimum Gasteiger partial charge on any atom is -0.387 e. The van der Waals surface area contributed by atoms with Gasteiger partial charge in [0.05, 0.1) is 12.2 Å². The van der Waals surface area contributed by atoms with Crippen LogP contribution in [0.2, 0.25) is 10.0 Å². The molecule has 1 aromatic heterocycles. The molecule has 2 aromatic rings. The highest BCUT2D eigenvalue weighted by Gasteiger charge is 2.17. The lowest BCUT2D eigenvalue weighted by molar-refractivity contribution is 0.113. The van der Waals surface area contributed by atoms with Gasteiger partial charge in [-0.3, -0.25) is 0 Å². The van der Waals surface area contributed by atoms with Crippen LogP contribution in [-0.2, 0) is 18.3 Å². The fraction of sp³-hybridized carbons (Fsp3) is 0.526. The third kappa shape index (κ3) is 6.30. The standard InChI is InChI=1S/C19H26Cl2N6O2/c1-12-25-26-18(27(12)2)11-24-19(22-9-16-4-3-5-29-16)23-10-17(28)13-6-14(20)8-15(21)7-13/h6-8,16-17,28H,3-5,9-11H2,1-2H3,(H2,22,23,24). The zero-order chi connectivity index (χ0) is 20.8.